The molecule has 4 nitrogen and oxygen atoms in total. The molecule has 0 radical (unpaired) electrons. The Morgan fingerprint density at radius 3 is 2.55 bits per heavy atom. The highest BCUT2D eigenvalue weighted by Gasteiger charge is 2.19. The molecule has 0 aliphatic carbocycles. The van der Waals surface area contributed by atoms with Gasteiger partial charge in [0.05, 0.1) is 6.04 Å². The maximum absolute atomic E-state index is 12.4. The Kier molecular flexibility index (Phi) is 5.55. The zero-order valence-electron chi connectivity index (χ0n) is 13.5. The van der Waals surface area contributed by atoms with Gasteiger partial charge in [-0.1, -0.05) is 0 Å². The number of hydrogen-bond donors (Lipinski definition) is 1. The molecule has 1 N–H and O–H groups in total. The van der Waals surface area contributed by atoms with Crippen molar-refractivity contribution in [1.29, 1.82) is 0 Å². The predicted molar refractivity (Wildman–Crippen MR) is 91.2 cm³/mol. The Morgan fingerprint density at radius 2 is 1.95 bits per heavy atom. The first-order chi connectivity index (χ1) is 10.5. The molecule has 22 heavy (non-hydrogen) atoms. The Morgan fingerprint density at radius 1 is 1.27 bits per heavy atom. The van der Waals surface area contributed by atoms with Crippen LogP contribution in [0.1, 0.15) is 35.2 Å². The Balaban J connectivity index is 1.90. The van der Waals surface area contributed by atoms with Gasteiger partial charge in [-0.2, -0.15) is 0 Å². The fourth-order valence-electron chi connectivity index (χ4n) is 2.30. The highest BCUT2D eigenvalue weighted by molar-refractivity contribution is 7.11. The molecule has 2 aromatic heterocycles. The second-order valence-electron chi connectivity index (χ2n) is 5.63. The summed E-state index contributed by atoms with van der Waals surface area (Å²) in [6, 6.07) is 8.19. The topological polar surface area (TPSA) is 45.2 Å². The van der Waals surface area contributed by atoms with Crippen molar-refractivity contribution in [3.8, 4) is 0 Å². The summed E-state index contributed by atoms with van der Waals surface area (Å²) in [6.07, 6.45) is 4.36. The molecule has 2 atom stereocenters. The molecule has 118 valence electrons. The van der Waals surface area contributed by atoms with Crippen LogP contribution in [0, 0.1) is 6.92 Å². The molecule has 2 aromatic rings. The van der Waals surface area contributed by atoms with Gasteiger partial charge in [-0.05, 0) is 50.6 Å². The third kappa shape index (κ3) is 4.31. The largest absolute Gasteiger partial charge is 0.335 e. The maximum atomic E-state index is 12.4. The van der Waals surface area contributed by atoms with E-state index in [0.717, 1.165) is 12.0 Å². The average molecular weight is 317 g/mol. The molecular weight excluding hydrogens is 294 g/mol. The molecule has 0 spiro atoms. The summed E-state index contributed by atoms with van der Waals surface area (Å²) in [5, 5.41) is 3.07. The van der Waals surface area contributed by atoms with Crippen LogP contribution >= 0.6 is 11.3 Å². The van der Waals surface area contributed by atoms with Crippen molar-refractivity contribution in [2.24, 2.45) is 0 Å². The van der Waals surface area contributed by atoms with Gasteiger partial charge in [0.15, 0.2) is 0 Å². The van der Waals surface area contributed by atoms with E-state index in [0.29, 0.717) is 0 Å². The first kappa shape index (κ1) is 16.5. The van der Waals surface area contributed by atoms with Crippen LogP contribution in [0.15, 0.2) is 36.7 Å². The number of aryl methyl sites for hydroxylation is 1. The predicted octanol–water partition coefficient (Wildman–Crippen LogP) is 3.79. The Labute approximate surface area is 136 Å². The third-order valence-corrected chi connectivity index (χ3v) is 4.79. The molecule has 0 saturated heterocycles. The van der Waals surface area contributed by atoms with Gasteiger partial charge >= 0.3 is 6.03 Å². The fraction of sp³-hybridized carbons (Fsp3) is 0.412. The lowest BCUT2D eigenvalue weighted by Crippen LogP contribution is -2.43. The summed E-state index contributed by atoms with van der Waals surface area (Å²) < 4.78 is 0. The van der Waals surface area contributed by atoms with Crippen molar-refractivity contribution in [2.45, 2.75) is 39.3 Å². The molecular formula is C17H23N3OS. The van der Waals surface area contributed by atoms with Gasteiger partial charge in [-0.3, -0.25) is 4.98 Å². The van der Waals surface area contributed by atoms with Gasteiger partial charge in [-0.25, -0.2) is 4.79 Å². The van der Waals surface area contributed by atoms with Crippen molar-refractivity contribution in [3.05, 3.63) is 52.0 Å². The average Bonchev–Trinajstić information content (AvgIpc) is 2.91. The van der Waals surface area contributed by atoms with Crippen LogP contribution in [0.3, 0.4) is 0 Å². The molecule has 2 amide bonds. The number of amides is 2. The summed E-state index contributed by atoms with van der Waals surface area (Å²) in [5.74, 6) is 0. The van der Waals surface area contributed by atoms with Gasteiger partial charge < -0.3 is 10.2 Å². The first-order valence-electron chi connectivity index (χ1n) is 7.46. The molecule has 2 rings (SSSR count). The fourth-order valence-corrected chi connectivity index (χ4v) is 3.32. The smallest absolute Gasteiger partial charge is 0.317 e. The van der Waals surface area contributed by atoms with E-state index in [1.54, 1.807) is 28.6 Å². The van der Waals surface area contributed by atoms with Crippen molar-refractivity contribution in [3.63, 3.8) is 0 Å². The normalized spacial score (nSPS) is 13.5. The van der Waals surface area contributed by atoms with Crippen LogP contribution in [0.4, 0.5) is 4.79 Å². The third-order valence-electron chi connectivity index (χ3n) is 3.76. The molecule has 5 heteroatoms. The Bertz CT molecular complexity index is 611. The van der Waals surface area contributed by atoms with E-state index in [9.17, 15) is 4.79 Å². The van der Waals surface area contributed by atoms with Crippen molar-refractivity contribution in [1.82, 2.24) is 15.2 Å². The van der Waals surface area contributed by atoms with Crippen LogP contribution in [-0.2, 0) is 6.42 Å². The van der Waals surface area contributed by atoms with Gasteiger partial charge in [-0.15, -0.1) is 11.3 Å². The van der Waals surface area contributed by atoms with Crippen LogP contribution in [0.25, 0.3) is 0 Å². The number of carbonyl (C=O) groups excluding carboxylic acids is 1. The molecule has 0 fully saturated rings. The monoisotopic (exact) mass is 317 g/mol. The van der Waals surface area contributed by atoms with Crippen LogP contribution in [-0.4, -0.2) is 29.0 Å². The van der Waals surface area contributed by atoms with E-state index in [1.807, 2.05) is 33.0 Å². The first-order valence-corrected chi connectivity index (χ1v) is 8.27. The highest BCUT2D eigenvalue weighted by Crippen LogP contribution is 2.19. The molecule has 0 unspecified atom stereocenters. The molecule has 0 bridgehead atoms. The molecule has 2 heterocycles. The second kappa shape index (κ2) is 7.40. The molecule has 0 saturated carbocycles. The van der Waals surface area contributed by atoms with E-state index in [1.165, 1.54) is 9.75 Å². The minimum absolute atomic E-state index is 0.0131. The standard InChI is InChI=1S/C17H23N3OS/c1-12(11-16-6-5-13(2)22-16)19-17(21)20(4)14(3)15-7-9-18-10-8-15/h5-10,12,14H,11H2,1-4H3,(H,19,21)/t12-,14-/m0/s1. The van der Waals surface area contributed by atoms with Crippen molar-refractivity contribution in [2.75, 3.05) is 7.05 Å². The summed E-state index contributed by atoms with van der Waals surface area (Å²) in [4.78, 5) is 20.7. The minimum Gasteiger partial charge on any atom is -0.335 e. The maximum Gasteiger partial charge on any atom is 0.317 e. The quantitative estimate of drug-likeness (QED) is 0.912. The number of nitrogens with zero attached hydrogens (tertiary/aromatic N) is 2. The van der Waals surface area contributed by atoms with Crippen molar-refractivity contribution >= 4 is 17.4 Å². The number of thiophene rings is 1. The number of carbonyl (C=O) groups is 1. The van der Waals surface area contributed by atoms with Gasteiger partial charge in [0, 0.05) is 41.7 Å². The van der Waals surface area contributed by atoms with Crippen molar-refractivity contribution < 1.29 is 4.79 Å². The molecule has 0 aromatic carbocycles. The van der Waals surface area contributed by atoms with E-state index >= 15 is 0 Å². The lowest BCUT2D eigenvalue weighted by atomic mass is 10.1. The SMILES string of the molecule is Cc1ccc(C[C@H](C)NC(=O)N(C)[C@@H](C)c2ccncc2)s1. The minimum atomic E-state index is -0.0508. The molecule has 0 aliphatic heterocycles. The van der Waals surface area contributed by atoms with E-state index in [2.05, 4.69) is 29.4 Å². The lowest BCUT2D eigenvalue weighted by Gasteiger charge is -2.27. The number of pyridine rings is 1. The number of urea groups is 1. The van der Waals surface area contributed by atoms with Gasteiger partial charge in [0.25, 0.3) is 0 Å². The van der Waals surface area contributed by atoms with Crippen LogP contribution in [0.2, 0.25) is 0 Å². The zero-order valence-corrected chi connectivity index (χ0v) is 14.4. The summed E-state index contributed by atoms with van der Waals surface area (Å²) in [5.41, 5.74) is 1.08. The summed E-state index contributed by atoms with van der Waals surface area (Å²) >= 11 is 1.78. The van der Waals surface area contributed by atoms with Gasteiger partial charge in [0.2, 0.25) is 0 Å². The summed E-state index contributed by atoms with van der Waals surface area (Å²) in [7, 11) is 1.82. The number of nitrogens with one attached hydrogen (secondary N) is 1. The number of aromatic nitrogens is 1. The number of rotatable bonds is 5. The van der Waals surface area contributed by atoms with E-state index in [4.69, 9.17) is 0 Å². The molecule has 0 aliphatic rings. The van der Waals surface area contributed by atoms with Gasteiger partial charge in [0.1, 0.15) is 0 Å². The van der Waals surface area contributed by atoms with Crippen LogP contribution < -0.4 is 5.32 Å². The van der Waals surface area contributed by atoms with E-state index < -0.39 is 0 Å². The lowest BCUT2D eigenvalue weighted by molar-refractivity contribution is 0.191. The zero-order chi connectivity index (χ0) is 16.1. The summed E-state index contributed by atoms with van der Waals surface area (Å²) in [6.45, 7) is 6.15. The van der Waals surface area contributed by atoms with Crippen LogP contribution in [0.5, 0.6) is 0 Å². The Hall–Kier alpha value is -1.88. The second-order valence-corrected chi connectivity index (χ2v) is 7.01. The highest BCUT2D eigenvalue weighted by atomic mass is 32.1. The number of hydrogen-bond acceptors (Lipinski definition) is 3. The van der Waals surface area contributed by atoms with E-state index in [-0.39, 0.29) is 18.1 Å².